The topological polar surface area (TPSA) is 121 Å². The zero-order valence-electron chi connectivity index (χ0n) is 23.7. The van der Waals surface area contributed by atoms with Gasteiger partial charge in [0.25, 0.3) is 0 Å². The molecule has 10 heteroatoms. The number of fused-ring (bicyclic) bond motifs is 2. The van der Waals surface area contributed by atoms with Crippen LogP contribution in [0, 0.1) is 5.82 Å². The number of carbonyl (C=O) groups excluding carboxylic acids is 1. The van der Waals surface area contributed by atoms with E-state index in [2.05, 4.69) is 25.5 Å². The van der Waals surface area contributed by atoms with Crippen LogP contribution in [0.3, 0.4) is 0 Å². The molecule has 0 aliphatic heterocycles. The van der Waals surface area contributed by atoms with Gasteiger partial charge in [-0.05, 0) is 77.6 Å². The fourth-order valence-electron chi connectivity index (χ4n) is 5.30. The summed E-state index contributed by atoms with van der Waals surface area (Å²) < 4.78 is 38.0. The van der Waals surface area contributed by atoms with Gasteiger partial charge in [-0.1, -0.05) is 31.2 Å². The van der Waals surface area contributed by atoms with Gasteiger partial charge in [0.1, 0.15) is 21.3 Å². The molecular weight excluding hydrogens is 565 g/mol. The third kappa shape index (κ3) is 6.19. The van der Waals surface area contributed by atoms with Crippen molar-refractivity contribution in [3.05, 3.63) is 90.5 Å². The zero-order chi connectivity index (χ0) is 30.1. The molecule has 0 fully saturated rings. The molecule has 0 radical (unpaired) electrons. The number of nitrogens with one attached hydrogen (secondary N) is 3. The Hall–Kier alpha value is -4.83. The highest BCUT2D eigenvalue weighted by atomic mass is 32.2. The number of aromatic amines is 2. The average Bonchev–Trinajstić information content (AvgIpc) is 3.59. The lowest BCUT2D eigenvalue weighted by Gasteiger charge is -2.08. The minimum Gasteiger partial charge on any atom is -0.353 e. The number of pyridine rings is 1. The highest BCUT2D eigenvalue weighted by molar-refractivity contribution is 7.90. The largest absolute Gasteiger partial charge is 0.353 e. The summed E-state index contributed by atoms with van der Waals surface area (Å²) >= 11 is 0. The molecule has 6 rings (SSSR count). The van der Waals surface area contributed by atoms with Gasteiger partial charge in [0.15, 0.2) is 0 Å². The maximum absolute atomic E-state index is 14.6. The molecule has 3 heterocycles. The van der Waals surface area contributed by atoms with Crippen LogP contribution in [-0.4, -0.2) is 46.5 Å². The SMILES string of the molecule is CCCC(=O)Nc1cncc(-c2ccc3[nH]nc(-c4cc5c(-c6cc(F)cc(CCS(C)(=O)=O)c6)cccc5[nH]4)c3c2)c1. The fourth-order valence-corrected chi connectivity index (χ4v) is 5.91. The summed E-state index contributed by atoms with van der Waals surface area (Å²) in [5, 5.41) is 12.4. The lowest BCUT2D eigenvalue weighted by Crippen LogP contribution is -2.10. The van der Waals surface area contributed by atoms with Crippen LogP contribution in [0.2, 0.25) is 0 Å². The Kier molecular flexibility index (Phi) is 7.53. The lowest BCUT2D eigenvalue weighted by atomic mass is 9.98. The van der Waals surface area contributed by atoms with Crippen molar-refractivity contribution in [2.45, 2.75) is 26.2 Å². The third-order valence-electron chi connectivity index (χ3n) is 7.34. The van der Waals surface area contributed by atoms with Crippen LogP contribution in [0.1, 0.15) is 25.3 Å². The van der Waals surface area contributed by atoms with Crippen molar-refractivity contribution >= 4 is 43.2 Å². The fraction of sp³-hybridized carbons (Fsp3) is 0.182. The molecule has 8 nitrogen and oxygen atoms in total. The molecule has 0 aliphatic carbocycles. The number of sulfone groups is 1. The molecule has 3 N–H and O–H groups in total. The van der Waals surface area contributed by atoms with E-state index in [9.17, 15) is 17.6 Å². The van der Waals surface area contributed by atoms with Crippen LogP contribution in [0.15, 0.2) is 79.1 Å². The number of hydrogen-bond donors (Lipinski definition) is 3. The van der Waals surface area contributed by atoms with Crippen molar-refractivity contribution < 1.29 is 17.6 Å². The summed E-state index contributed by atoms with van der Waals surface area (Å²) in [6.45, 7) is 1.96. The van der Waals surface area contributed by atoms with Crippen molar-refractivity contribution in [2.24, 2.45) is 0 Å². The molecular formula is C33H30FN5O3S. The van der Waals surface area contributed by atoms with Crippen molar-refractivity contribution in [1.29, 1.82) is 0 Å². The maximum Gasteiger partial charge on any atom is 0.224 e. The number of aryl methyl sites for hydroxylation is 1. The van der Waals surface area contributed by atoms with Crippen LogP contribution in [0.25, 0.3) is 55.4 Å². The van der Waals surface area contributed by atoms with Gasteiger partial charge in [-0.3, -0.25) is 14.9 Å². The number of H-pyrrole nitrogens is 2. The average molecular weight is 596 g/mol. The summed E-state index contributed by atoms with van der Waals surface area (Å²) in [7, 11) is -3.17. The Morgan fingerprint density at radius 1 is 0.930 bits per heavy atom. The van der Waals surface area contributed by atoms with E-state index in [1.54, 1.807) is 12.4 Å². The van der Waals surface area contributed by atoms with E-state index in [1.165, 1.54) is 18.4 Å². The highest BCUT2D eigenvalue weighted by Gasteiger charge is 2.16. The van der Waals surface area contributed by atoms with E-state index < -0.39 is 15.7 Å². The number of benzene rings is 3. The molecule has 6 aromatic rings. The summed E-state index contributed by atoms with van der Waals surface area (Å²) in [6.07, 6.45) is 6.03. The van der Waals surface area contributed by atoms with Gasteiger partial charge >= 0.3 is 0 Å². The van der Waals surface area contributed by atoms with Gasteiger partial charge in [0.2, 0.25) is 5.91 Å². The smallest absolute Gasteiger partial charge is 0.224 e. The van der Waals surface area contributed by atoms with Gasteiger partial charge in [-0.25, -0.2) is 12.8 Å². The first-order chi connectivity index (χ1) is 20.7. The van der Waals surface area contributed by atoms with Crippen molar-refractivity contribution in [1.82, 2.24) is 20.2 Å². The third-order valence-corrected chi connectivity index (χ3v) is 8.29. The molecule has 218 valence electrons. The number of amides is 1. The molecule has 0 saturated heterocycles. The number of carbonyl (C=O) groups is 1. The Morgan fingerprint density at radius 2 is 1.79 bits per heavy atom. The van der Waals surface area contributed by atoms with Gasteiger partial charge in [-0.2, -0.15) is 5.10 Å². The van der Waals surface area contributed by atoms with Gasteiger partial charge in [0.05, 0.1) is 28.8 Å². The number of halogens is 1. The first-order valence-corrected chi connectivity index (χ1v) is 16.1. The Bertz CT molecular complexity index is 2100. The van der Waals surface area contributed by atoms with E-state index in [4.69, 9.17) is 0 Å². The second kappa shape index (κ2) is 11.4. The molecule has 0 spiro atoms. The molecule has 0 aliphatic rings. The van der Waals surface area contributed by atoms with Gasteiger partial charge in [-0.15, -0.1) is 0 Å². The maximum atomic E-state index is 14.6. The van der Waals surface area contributed by atoms with E-state index >= 15 is 0 Å². The van der Waals surface area contributed by atoms with E-state index in [1.807, 2.05) is 61.5 Å². The predicted octanol–water partition coefficient (Wildman–Crippen LogP) is 6.91. The first kappa shape index (κ1) is 28.3. The molecule has 43 heavy (non-hydrogen) atoms. The monoisotopic (exact) mass is 595 g/mol. The molecule has 3 aromatic carbocycles. The molecule has 0 atom stereocenters. The van der Waals surface area contributed by atoms with E-state index in [0.717, 1.165) is 56.3 Å². The summed E-state index contributed by atoms with van der Waals surface area (Å²) in [6, 6.07) is 20.4. The number of anilines is 1. The molecule has 0 unspecified atom stereocenters. The van der Waals surface area contributed by atoms with Gasteiger partial charge in [0, 0.05) is 40.7 Å². The first-order valence-electron chi connectivity index (χ1n) is 14.0. The summed E-state index contributed by atoms with van der Waals surface area (Å²) in [5.41, 5.74) is 7.80. The molecule has 3 aromatic heterocycles. The molecule has 1 amide bonds. The number of rotatable bonds is 9. The number of aromatic nitrogens is 4. The van der Waals surface area contributed by atoms with Crippen LogP contribution in [0.5, 0.6) is 0 Å². The van der Waals surface area contributed by atoms with Crippen LogP contribution >= 0.6 is 0 Å². The molecule has 0 saturated carbocycles. The second-order valence-electron chi connectivity index (χ2n) is 10.8. The Balaban J connectivity index is 1.37. The highest BCUT2D eigenvalue weighted by Crippen LogP contribution is 2.36. The normalized spacial score (nSPS) is 11.8. The minimum atomic E-state index is -3.17. The van der Waals surface area contributed by atoms with Crippen molar-refractivity contribution in [3.8, 4) is 33.6 Å². The van der Waals surface area contributed by atoms with Gasteiger partial charge < -0.3 is 10.3 Å². The Labute approximate surface area is 248 Å². The number of hydrogen-bond acceptors (Lipinski definition) is 5. The summed E-state index contributed by atoms with van der Waals surface area (Å²) in [4.78, 5) is 19.9. The zero-order valence-corrected chi connectivity index (χ0v) is 24.6. The minimum absolute atomic E-state index is 0.0452. The standard InChI is InChI=1S/C33H30FN5O3S/c1-3-5-32(40)36-25-15-23(18-35-19-25)21-8-9-30-28(16-21)33(39-38-30)31-17-27-26(6-4-7-29(27)37-31)22-12-20(13-24(34)14-22)10-11-43(2,41)42/h4,6-9,12-19,37H,3,5,10-11H2,1-2H3,(H,36,40)(H,38,39). The Morgan fingerprint density at radius 3 is 2.60 bits per heavy atom. The predicted molar refractivity (Wildman–Crippen MR) is 169 cm³/mol. The van der Waals surface area contributed by atoms with E-state index in [-0.39, 0.29) is 18.1 Å². The van der Waals surface area contributed by atoms with E-state index in [0.29, 0.717) is 23.2 Å². The van der Waals surface area contributed by atoms with Crippen molar-refractivity contribution in [3.63, 3.8) is 0 Å². The number of nitrogens with zero attached hydrogens (tertiary/aromatic N) is 2. The molecule has 0 bridgehead atoms. The quantitative estimate of drug-likeness (QED) is 0.168. The van der Waals surface area contributed by atoms with Crippen molar-refractivity contribution in [2.75, 3.05) is 17.3 Å². The lowest BCUT2D eigenvalue weighted by molar-refractivity contribution is -0.116. The second-order valence-corrected chi connectivity index (χ2v) is 13.0. The summed E-state index contributed by atoms with van der Waals surface area (Å²) in [5.74, 6) is -0.505. The van der Waals surface area contributed by atoms with Crippen LogP contribution in [-0.2, 0) is 21.1 Å². The van der Waals surface area contributed by atoms with Crippen LogP contribution in [0.4, 0.5) is 10.1 Å². The van der Waals surface area contributed by atoms with Crippen LogP contribution < -0.4 is 5.32 Å².